The van der Waals surface area contributed by atoms with Crippen molar-refractivity contribution in [3.05, 3.63) is 12.3 Å². The van der Waals surface area contributed by atoms with Crippen LogP contribution in [-0.4, -0.2) is 43.2 Å². The van der Waals surface area contributed by atoms with Crippen molar-refractivity contribution in [3.63, 3.8) is 0 Å². The van der Waals surface area contributed by atoms with E-state index in [0.717, 1.165) is 31.3 Å². The Balaban J connectivity index is 2.19. The second-order valence-electron chi connectivity index (χ2n) is 5.03. The Morgan fingerprint density at radius 2 is 2.28 bits per heavy atom. The van der Waals surface area contributed by atoms with Gasteiger partial charge in [-0.15, -0.1) is 0 Å². The van der Waals surface area contributed by atoms with E-state index in [2.05, 4.69) is 14.9 Å². The molecule has 0 amide bonds. The summed E-state index contributed by atoms with van der Waals surface area (Å²) in [4.78, 5) is 13.2. The zero-order chi connectivity index (χ0) is 13.0. The molecule has 0 radical (unpaired) electrons. The van der Waals surface area contributed by atoms with Gasteiger partial charge in [-0.25, -0.2) is 4.98 Å². The predicted octanol–water partition coefficient (Wildman–Crippen LogP) is 1.25. The van der Waals surface area contributed by atoms with Crippen molar-refractivity contribution in [2.75, 3.05) is 37.0 Å². The van der Waals surface area contributed by atoms with Crippen LogP contribution in [0.3, 0.4) is 0 Å². The maximum absolute atomic E-state index is 5.71. The fourth-order valence-electron chi connectivity index (χ4n) is 2.51. The second-order valence-corrected chi connectivity index (χ2v) is 5.03. The van der Waals surface area contributed by atoms with Gasteiger partial charge in [0.1, 0.15) is 5.82 Å². The van der Waals surface area contributed by atoms with Gasteiger partial charge in [-0.2, -0.15) is 4.98 Å². The lowest BCUT2D eigenvalue weighted by atomic mass is 9.99. The molecular weight excluding hydrogens is 226 g/mol. The van der Waals surface area contributed by atoms with E-state index in [0.29, 0.717) is 6.04 Å². The van der Waals surface area contributed by atoms with Crippen molar-refractivity contribution in [2.24, 2.45) is 5.73 Å². The number of hydrogen-bond donors (Lipinski definition) is 1. The van der Waals surface area contributed by atoms with Crippen molar-refractivity contribution < 1.29 is 0 Å². The van der Waals surface area contributed by atoms with Gasteiger partial charge in [0.05, 0.1) is 0 Å². The van der Waals surface area contributed by atoms with E-state index < -0.39 is 0 Å². The van der Waals surface area contributed by atoms with E-state index in [-0.39, 0.29) is 0 Å². The van der Waals surface area contributed by atoms with Gasteiger partial charge in [0.25, 0.3) is 0 Å². The van der Waals surface area contributed by atoms with Crippen LogP contribution in [0.1, 0.15) is 25.7 Å². The summed E-state index contributed by atoms with van der Waals surface area (Å²) >= 11 is 0. The lowest BCUT2D eigenvalue weighted by Gasteiger charge is -2.36. The minimum atomic E-state index is 0.536. The summed E-state index contributed by atoms with van der Waals surface area (Å²) in [5.41, 5.74) is 5.71. The topological polar surface area (TPSA) is 58.3 Å². The maximum Gasteiger partial charge on any atom is 0.226 e. The van der Waals surface area contributed by atoms with Crippen LogP contribution < -0.4 is 15.5 Å². The molecule has 1 saturated heterocycles. The highest BCUT2D eigenvalue weighted by molar-refractivity contribution is 5.44. The Labute approximate surface area is 109 Å². The third kappa shape index (κ3) is 2.90. The minimum Gasteiger partial charge on any atom is -0.353 e. The Morgan fingerprint density at radius 3 is 3.00 bits per heavy atom. The third-order valence-corrected chi connectivity index (χ3v) is 3.45. The molecule has 0 spiro atoms. The Hall–Kier alpha value is -1.36. The molecule has 1 aliphatic heterocycles. The van der Waals surface area contributed by atoms with Crippen LogP contribution in [0.25, 0.3) is 0 Å². The number of nitrogens with two attached hydrogens (primary N) is 1. The normalized spacial score (nSPS) is 19.9. The predicted molar refractivity (Wildman–Crippen MR) is 75.0 cm³/mol. The molecule has 1 unspecified atom stereocenters. The smallest absolute Gasteiger partial charge is 0.226 e. The molecule has 1 aliphatic rings. The van der Waals surface area contributed by atoms with Gasteiger partial charge in [-0.05, 0) is 38.3 Å². The molecule has 1 aromatic heterocycles. The molecule has 0 aromatic carbocycles. The van der Waals surface area contributed by atoms with Gasteiger partial charge in [0.15, 0.2) is 0 Å². The molecule has 0 aliphatic carbocycles. The number of rotatable bonds is 4. The Kier molecular flexibility index (Phi) is 4.36. The summed E-state index contributed by atoms with van der Waals surface area (Å²) in [5.74, 6) is 1.80. The van der Waals surface area contributed by atoms with E-state index in [1.165, 1.54) is 19.3 Å². The Morgan fingerprint density at radius 1 is 1.44 bits per heavy atom. The van der Waals surface area contributed by atoms with Crippen LogP contribution in [0.4, 0.5) is 11.8 Å². The standard InChI is InChI=1S/C13H23N5/c1-17(2)13-15-9-7-12(16-13)18-10-4-3-5-11(18)6-8-14/h7,9,11H,3-6,8,10,14H2,1-2H3. The fraction of sp³-hybridized carbons (Fsp3) is 0.692. The first kappa shape index (κ1) is 13.1. The highest BCUT2D eigenvalue weighted by Gasteiger charge is 2.23. The molecule has 1 aromatic rings. The monoisotopic (exact) mass is 249 g/mol. The molecule has 0 bridgehead atoms. The molecule has 2 heterocycles. The first-order valence-electron chi connectivity index (χ1n) is 6.69. The second kappa shape index (κ2) is 6.00. The van der Waals surface area contributed by atoms with Crippen LogP contribution in [0.5, 0.6) is 0 Å². The van der Waals surface area contributed by atoms with Crippen LogP contribution in [0, 0.1) is 0 Å². The van der Waals surface area contributed by atoms with Crippen molar-refractivity contribution in [2.45, 2.75) is 31.7 Å². The SMILES string of the molecule is CN(C)c1nccc(N2CCCCC2CCN)n1. The zero-order valence-corrected chi connectivity index (χ0v) is 11.3. The van der Waals surface area contributed by atoms with Gasteiger partial charge in [-0.3, -0.25) is 0 Å². The number of anilines is 2. The molecule has 1 fully saturated rings. The summed E-state index contributed by atoms with van der Waals surface area (Å²) in [6, 6.07) is 2.54. The van der Waals surface area contributed by atoms with E-state index in [9.17, 15) is 0 Å². The molecule has 100 valence electrons. The van der Waals surface area contributed by atoms with Crippen molar-refractivity contribution in [3.8, 4) is 0 Å². The first-order valence-corrected chi connectivity index (χ1v) is 6.69. The maximum atomic E-state index is 5.71. The zero-order valence-electron chi connectivity index (χ0n) is 11.3. The number of aromatic nitrogens is 2. The van der Waals surface area contributed by atoms with Crippen LogP contribution >= 0.6 is 0 Å². The number of hydrogen-bond acceptors (Lipinski definition) is 5. The molecule has 1 atom stereocenters. The fourth-order valence-corrected chi connectivity index (χ4v) is 2.51. The van der Waals surface area contributed by atoms with Crippen molar-refractivity contribution >= 4 is 11.8 Å². The summed E-state index contributed by atoms with van der Waals surface area (Å²) in [6.45, 7) is 1.82. The highest BCUT2D eigenvalue weighted by atomic mass is 15.3. The molecule has 5 heteroatoms. The van der Waals surface area contributed by atoms with E-state index in [1.807, 2.05) is 31.3 Å². The van der Waals surface area contributed by atoms with Gasteiger partial charge < -0.3 is 15.5 Å². The molecule has 2 rings (SSSR count). The van der Waals surface area contributed by atoms with Gasteiger partial charge in [-0.1, -0.05) is 0 Å². The lowest BCUT2D eigenvalue weighted by Crippen LogP contribution is -2.41. The largest absolute Gasteiger partial charge is 0.353 e. The molecule has 2 N–H and O–H groups in total. The van der Waals surface area contributed by atoms with Crippen LogP contribution in [0.15, 0.2) is 12.3 Å². The third-order valence-electron chi connectivity index (χ3n) is 3.45. The number of nitrogens with zero attached hydrogens (tertiary/aromatic N) is 4. The van der Waals surface area contributed by atoms with E-state index in [1.54, 1.807) is 0 Å². The van der Waals surface area contributed by atoms with E-state index >= 15 is 0 Å². The van der Waals surface area contributed by atoms with Gasteiger partial charge >= 0.3 is 0 Å². The van der Waals surface area contributed by atoms with Gasteiger partial charge in [0.2, 0.25) is 5.95 Å². The van der Waals surface area contributed by atoms with E-state index in [4.69, 9.17) is 5.73 Å². The molecule has 5 nitrogen and oxygen atoms in total. The average Bonchev–Trinajstić information content (AvgIpc) is 2.40. The average molecular weight is 249 g/mol. The van der Waals surface area contributed by atoms with Gasteiger partial charge in [0, 0.05) is 32.9 Å². The lowest BCUT2D eigenvalue weighted by molar-refractivity contribution is 0.438. The minimum absolute atomic E-state index is 0.536. The molecule has 0 saturated carbocycles. The Bertz CT molecular complexity index is 377. The number of piperidine rings is 1. The quantitative estimate of drug-likeness (QED) is 0.870. The first-order chi connectivity index (χ1) is 8.72. The van der Waals surface area contributed by atoms with Crippen LogP contribution in [-0.2, 0) is 0 Å². The molecular formula is C13H23N5. The van der Waals surface area contributed by atoms with Crippen LogP contribution in [0.2, 0.25) is 0 Å². The molecule has 18 heavy (non-hydrogen) atoms. The summed E-state index contributed by atoms with van der Waals surface area (Å²) in [6.07, 6.45) is 6.64. The van der Waals surface area contributed by atoms with Crippen molar-refractivity contribution in [1.82, 2.24) is 9.97 Å². The summed E-state index contributed by atoms with van der Waals surface area (Å²) in [5, 5.41) is 0. The highest BCUT2D eigenvalue weighted by Crippen LogP contribution is 2.25. The summed E-state index contributed by atoms with van der Waals surface area (Å²) < 4.78 is 0. The van der Waals surface area contributed by atoms with Crippen molar-refractivity contribution in [1.29, 1.82) is 0 Å². The summed E-state index contributed by atoms with van der Waals surface area (Å²) in [7, 11) is 3.93.